The number of aromatic hydroxyl groups is 1. The van der Waals surface area contributed by atoms with Crippen molar-refractivity contribution in [3.05, 3.63) is 66.0 Å². The van der Waals surface area contributed by atoms with Gasteiger partial charge in [0, 0.05) is 23.5 Å². The van der Waals surface area contributed by atoms with Crippen LogP contribution in [-0.4, -0.2) is 20.3 Å². The largest absolute Gasteiger partial charge is 0.507 e. The highest BCUT2D eigenvalue weighted by molar-refractivity contribution is 5.68. The topological polar surface area (TPSA) is 84.9 Å². The van der Waals surface area contributed by atoms with Crippen molar-refractivity contribution >= 4 is 5.82 Å². The summed E-state index contributed by atoms with van der Waals surface area (Å²) in [6.07, 6.45) is 4.67. The third-order valence-electron chi connectivity index (χ3n) is 4.36. The van der Waals surface area contributed by atoms with Crippen LogP contribution >= 0.6 is 0 Å². The fourth-order valence-electron chi connectivity index (χ4n) is 3.05. The maximum Gasteiger partial charge on any atom is 0.149 e. The number of benzene rings is 1. The molecule has 5 nitrogen and oxygen atoms in total. The Morgan fingerprint density at radius 2 is 1.72 bits per heavy atom. The SMILES string of the molecule is CC.Nc1nnc(-c2ccccc2O)cc1[C@@H]1C[C@H]1c1ccncc1. The minimum Gasteiger partial charge on any atom is -0.507 e. The van der Waals surface area contributed by atoms with E-state index in [2.05, 4.69) is 15.2 Å². The Kier molecular flexibility index (Phi) is 4.93. The molecule has 0 unspecified atom stereocenters. The van der Waals surface area contributed by atoms with E-state index in [0.29, 0.717) is 28.9 Å². The third kappa shape index (κ3) is 3.45. The Morgan fingerprint density at radius 1 is 1.00 bits per heavy atom. The number of hydrogen-bond acceptors (Lipinski definition) is 5. The van der Waals surface area contributed by atoms with E-state index in [0.717, 1.165) is 12.0 Å². The number of phenolic OH excluding ortho intramolecular Hbond substituents is 1. The van der Waals surface area contributed by atoms with Crippen molar-refractivity contribution in [1.82, 2.24) is 15.2 Å². The molecule has 128 valence electrons. The Labute approximate surface area is 147 Å². The van der Waals surface area contributed by atoms with Crippen LogP contribution in [0, 0.1) is 0 Å². The van der Waals surface area contributed by atoms with Gasteiger partial charge in [-0.05, 0) is 54.2 Å². The van der Waals surface area contributed by atoms with Crippen molar-refractivity contribution in [2.75, 3.05) is 5.73 Å². The Bertz CT molecular complexity index is 851. The zero-order valence-electron chi connectivity index (χ0n) is 14.4. The quantitative estimate of drug-likeness (QED) is 0.752. The minimum atomic E-state index is 0.194. The van der Waals surface area contributed by atoms with Gasteiger partial charge in [0.05, 0.1) is 5.69 Å². The van der Waals surface area contributed by atoms with Crippen molar-refractivity contribution < 1.29 is 5.11 Å². The van der Waals surface area contributed by atoms with Crippen LogP contribution in [0.4, 0.5) is 5.82 Å². The lowest BCUT2D eigenvalue weighted by Crippen LogP contribution is -2.01. The molecule has 0 radical (unpaired) electrons. The van der Waals surface area contributed by atoms with Gasteiger partial charge >= 0.3 is 0 Å². The van der Waals surface area contributed by atoms with E-state index in [1.54, 1.807) is 12.1 Å². The summed E-state index contributed by atoms with van der Waals surface area (Å²) in [5.41, 5.74) is 9.62. The van der Waals surface area contributed by atoms with E-state index in [1.165, 1.54) is 5.56 Å². The van der Waals surface area contributed by atoms with Gasteiger partial charge in [0.1, 0.15) is 11.6 Å². The summed E-state index contributed by atoms with van der Waals surface area (Å²) in [4.78, 5) is 4.06. The third-order valence-corrected chi connectivity index (χ3v) is 4.36. The van der Waals surface area contributed by atoms with Crippen LogP contribution in [0.15, 0.2) is 54.9 Å². The van der Waals surface area contributed by atoms with E-state index in [1.807, 2.05) is 56.6 Å². The minimum absolute atomic E-state index is 0.194. The number of anilines is 1. The van der Waals surface area contributed by atoms with Crippen LogP contribution in [-0.2, 0) is 0 Å². The molecule has 2 heterocycles. The predicted octanol–water partition coefficient (Wildman–Crippen LogP) is 4.12. The maximum absolute atomic E-state index is 10.0. The summed E-state index contributed by atoms with van der Waals surface area (Å²) in [7, 11) is 0. The zero-order valence-corrected chi connectivity index (χ0v) is 14.4. The molecule has 5 heteroatoms. The summed E-state index contributed by atoms with van der Waals surface area (Å²) >= 11 is 0. The van der Waals surface area contributed by atoms with Crippen molar-refractivity contribution in [2.24, 2.45) is 0 Å². The van der Waals surface area contributed by atoms with Crippen LogP contribution in [0.1, 0.15) is 43.2 Å². The predicted molar refractivity (Wildman–Crippen MR) is 99.2 cm³/mol. The number of pyridine rings is 1. The first-order valence-electron chi connectivity index (χ1n) is 8.55. The van der Waals surface area contributed by atoms with E-state index in [9.17, 15) is 5.11 Å². The van der Waals surface area contributed by atoms with Gasteiger partial charge in [-0.15, -0.1) is 10.2 Å². The molecule has 1 saturated carbocycles. The maximum atomic E-state index is 10.0. The summed E-state index contributed by atoms with van der Waals surface area (Å²) in [6.45, 7) is 4.00. The second-order valence-electron chi connectivity index (χ2n) is 5.82. The van der Waals surface area contributed by atoms with E-state index >= 15 is 0 Å². The summed E-state index contributed by atoms with van der Waals surface area (Å²) in [5, 5.41) is 18.2. The van der Waals surface area contributed by atoms with Gasteiger partial charge in [-0.1, -0.05) is 26.0 Å². The summed E-state index contributed by atoms with van der Waals surface area (Å²) in [5.74, 6) is 1.45. The highest BCUT2D eigenvalue weighted by atomic mass is 16.3. The number of aromatic nitrogens is 3. The monoisotopic (exact) mass is 334 g/mol. The number of nitrogens with zero attached hydrogens (tertiary/aromatic N) is 3. The summed E-state index contributed by atoms with van der Waals surface area (Å²) in [6, 6.07) is 13.1. The number of para-hydroxylation sites is 1. The Hall–Kier alpha value is -2.95. The molecule has 3 aromatic rings. The lowest BCUT2D eigenvalue weighted by atomic mass is 10.0. The van der Waals surface area contributed by atoms with Gasteiger partial charge in [0.2, 0.25) is 0 Å². The lowest BCUT2D eigenvalue weighted by molar-refractivity contribution is 0.477. The number of nitrogens with two attached hydrogens (primary N) is 1. The van der Waals surface area contributed by atoms with Gasteiger partial charge in [-0.3, -0.25) is 4.98 Å². The van der Waals surface area contributed by atoms with Crippen molar-refractivity contribution in [3.63, 3.8) is 0 Å². The van der Waals surface area contributed by atoms with Gasteiger partial charge < -0.3 is 10.8 Å². The Balaban J connectivity index is 0.000000880. The van der Waals surface area contributed by atoms with E-state index in [-0.39, 0.29) is 5.75 Å². The van der Waals surface area contributed by atoms with Gasteiger partial charge in [-0.2, -0.15) is 0 Å². The van der Waals surface area contributed by atoms with Crippen LogP contribution < -0.4 is 5.73 Å². The molecule has 0 spiro atoms. The first-order chi connectivity index (χ1) is 12.2. The van der Waals surface area contributed by atoms with E-state index < -0.39 is 0 Å². The first-order valence-corrected chi connectivity index (χ1v) is 8.55. The highest BCUT2D eigenvalue weighted by Crippen LogP contribution is 2.55. The number of phenols is 1. The average molecular weight is 334 g/mol. The van der Waals surface area contributed by atoms with Gasteiger partial charge in [-0.25, -0.2) is 0 Å². The standard InChI is InChI=1S/C18H16N4O.C2H6/c19-18-15(14-9-13(14)11-5-7-20-8-6-11)10-16(21-22-18)12-3-1-2-4-17(12)23;1-2/h1-8,10,13-14,23H,9H2,(H2,19,22);1-2H3/t13-,14+;/m0./s1. The fraction of sp³-hybridized carbons (Fsp3) is 0.250. The van der Waals surface area contributed by atoms with E-state index in [4.69, 9.17) is 5.73 Å². The second kappa shape index (κ2) is 7.30. The zero-order chi connectivity index (χ0) is 17.8. The molecular weight excluding hydrogens is 312 g/mol. The molecule has 2 atom stereocenters. The Morgan fingerprint density at radius 3 is 2.44 bits per heavy atom. The average Bonchev–Trinajstić information content (AvgIpc) is 3.46. The normalized spacial score (nSPS) is 18.2. The first kappa shape index (κ1) is 16.9. The molecule has 1 fully saturated rings. The van der Waals surface area contributed by atoms with Gasteiger partial charge in [0.25, 0.3) is 0 Å². The molecule has 0 bridgehead atoms. The lowest BCUT2D eigenvalue weighted by Gasteiger charge is -2.08. The van der Waals surface area contributed by atoms with Crippen LogP contribution in [0.2, 0.25) is 0 Å². The fourth-order valence-corrected chi connectivity index (χ4v) is 3.05. The molecular formula is C20H22N4O. The second-order valence-corrected chi connectivity index (χ2v) is 5.82. The molecule has 0 amide bonds. The molecule has 4 rings (SSSR count). The highest BCUT2D eigenvalue weighted by Gasteiger charge is 2.41. The van der Waals surface area contributed by atoms with Crippen molar-refractivity contribution in [1.29, 1.82) is 0 Å². The number of nitrogen functional groups attached to an aromatic ring is 1. The summed E-state index contributed by atoms with van der Waals surface area (Å²) < 4.78 is 0. The molecule has 0 saturated heterocycles. The molecule has 2 aromatic heterocycles. The molecule has 3 N–H and O–H groups in total. The molecule has 25 heavy (non-hydrogen) atoms. The van der Waals surface area contributed by atoms with Gasteiger partial charge in [0.15, 0.2) is 0 Å². The molecule has 1 aromatic carbocycles. The van der Waals surface area contributed by atoms with Crippen LogP contribution in [0.3, 0.4) is 0 Å². The van der Waals surface area contributed by atoms with Crippen molar-refractivity contribution in [3.8, 4) is 17.0 Å². The molecule has 1 aliphatic rings. The smallest absolute Gasteiger partial charge is 0.149 e. The van der Waals surface area contributed by atoms with Crippen molar-refractivity contribution in [2.45, 2.75) is 32.1 Å². The van der Waals surface area contributed by atoms with Crippen LogP contribution in [0.5, 0.6) is 5.75 Å². The van der Waals surface area contributed by atoms with Crippen LogP contribution in [0.25, 0.3) is 11.3 Å². The number of hydrogen-bond donors (Lipinski definition) is 2. The molecule has 0 aliphatic heterocycles. The number of rotatable bonds is 3. The molecule has 1 aliphatic carbocycles.